The molecule has 0 aliphatic heterocycles. The number of carboxylic acid groups (broad SMARTS) is 4. The summed E-state index contributed by atoms with van der Waals surface area (Å²) in [4.78, 5) is 37.7. The normalized spacial score (nSPS) is 8.44. The molecular formula is C8H4Cu2O8. The van der Waals surface area contributed by atoms with Crippen molar-refractivity contribution in [2.24, 2.45) is 0 Å². The van der Waals surface area contributed by atoms with Crippen LogP contribution in [0.15, 0.2) is 24.3 Å². The summed E-state index contributed by atoms with van der Waals surface area (Å²) in [6.45, 7) is 0. The third kappa shape index (κ3) is 36.6. The van der Waals surface area contributed by atoms with Crippen molar-refractivity contribution in [2.45, 2.75) is 0 Å². The molecule has 18 heavy (non-hydrogen) atoms. The van der Waals surface area contributed by atoms with Crippen molar-refractivity contribution < 1.29 is 73.7 Å². The Morgan fingerprint density at radius 1 is 0.500 bits per heavy atom. The van der Waals surface area contributed by atoms with E-state index in [9.17, 15) is 39.6 Å². The van der Waals surface area contributed by atoms with Crippen molar-refractivity contribution in [1.29, 1.82) is 0 Å². The van der Waals surface area contributed by atoms with Gasteiger partial charge in [0.15, 0.2) is 0 Å². The van der Waals surface area contributed by atoms with Gasteiger partial charge in [-0.15, -0.1) is 0 Å². The number of aliphatic carboxylic acids is 4. The van der Waals surface area contributed by atoms with Crippen molar-refractivity contribution in [3.63, 3.8) is 0 Å². The summed E-state index contributed by atoms with van der Waals surface area (Å²) in [5, 5.41) is 37.7. The van der Waals surface area contributed by atoms with Crippen molar-refractivity contribution >= 4 is 23.9 Å². The largest absolute Gasteiger partial charge is 2.00 e. The Kier molecular flexibility index (Phi) is 21.6. The van der Waals surface area contributed by atoms with E-state index in [1.54, 1.807) is 0 Å². The second-order valence-corrected chi connectivity index (χ2v) is 1.94. The number of hydrogen-bond acceptors (Lipinski definition) is 8. The Balaban J connectivity index is -0.0000000980. The monoisotopic (exact) mass is 354 g/mol. The van der Waals surface area contributed by atoms with Gasteiger partial charge in [0.25, 0.3) is 0 Å². The summed E-state index contributed by atoms with van der Waals surface area (Å²) in [7, 11) is 0. The van der Waals surface area contributed by atoms with Crippen LogP contribution < -0.4 is 20.4 Å². The Morgan fingerprint density at radius 3 is 0.667 bits per heavy atom. The van der Waals surface area contributed by atoms with Gasteiger partial charge in [0.1, 0.15) is 0 Å². The van der Waals surface area contributed by atoms with Crippen LogP contribution >= 0.6 is 0 Å². The van der Waals surface area contributed by atoms with E-state index < -0.39 is 23.9 Å². The fourth-order valence-corrected chi connectivity index (χ4v) is 0.272. The molecule has 0 atom stereocenters. The molecule has 0 heterocycles. The fraction of sp³-hybridized carbons (Fsp3) is 0. The van der Waals surface area contributed by atoms with Crippen LogP contribution in [0.1, 0.15) is 0 Å². The van der Waals surface area contributed by atoms with Gasteiger partial charge in [-0.2, -0.15) is 0 Å². The average Bonchev–Trinajstić information content (AvgIpc) is 2.12. The van der Waals surface area contributed by atoms with Crippen LogP contribution in [-0.2, 0) is 53.3 Å². The average molecular weight is 355 g/mol. The maximum Gasteiger partial charge on any atom is 2.00 e. The first-order valence-corrected chi connectivity index (χ1v) is 3.45. The van der Waals surface area contributed by atoms with Crippen LogP contribution in [0.3, 0.4) is 0 Å². The number of carbonyl (C=O) groups excluding carboxylic acids is 4. The minimum Gasteiger partial charge on any atom is -0.545 e. The van der Waals surface area contributed by atoms with Crippen LogP contribution in [0.25, 0.3) is 0 Å². The molecule has 0 unspecified atom stereocenters. The summed E-state index contributed by atoms with van der Waals surface area (Å²) in [5.74, 6) is -6.19. The quantitative estimate of drug-likeness (QED) is 0.356. The maximum absolute atomic E-state index is 9.41. The van der Waals surface area contributed by atoms with Crippen LogP contribution in [0.4, 0.5) is 0 Å². The Bertz CT molecular complexity index is 281. The number of hydrogen-bond donors (Lipinski definition) is 0. The molecule has 0 rings (SSSR count). The molecule has 0 aromatic heterocycles. The van der Waals surface area contributed by atoms with Gasteiger partial charge in [0, 0.05) is 0 Å². The summed E-state index contributed by atoms with van der Waals surface area (Å²) >= 11 is 0. The molecule has 0 aliphatic rings. The summed E-state index contributed by atoms with van der Waals surface area (Å²) in [6.07, 6.45) is 1.54. The fourth-order valence-electron chi connectivity index (χ4n) is 0.272. The molecule has 10 heteroatoms. The van der Waals surface area contributed by atoms with E-state index in [0.29, 0.717) is 24.3 Å². The molecule has 0 aromatic carbocycles. The molecule has 0 aliphatic carbocycles. The molecule has 0 aromatic rings. The van der Waals surface area contributed by atoms with Gasteiger partial charge in [0.2, 0.25) is 0 Å². The molecule has 0 bridgehead atoms. The van der Waals surface area contributed by atoms with E-state index in [4.69, 9.17) is 0 Å². The van der Waals surface area contributed by atoms with E-state index >= 15 is 0 Å². The van der Waals surface area contributed by atoms with Crippen molar-refractivity contribution in [2.75, 3.05) is 0 Å². The van der Waals surface area contributed by atoms with E-state index in [-0.39, 0.29) is 34.1 Å². The topological polar surface area (TPSA) is 161 Å². The molecule has 8 nitrogen and oxygen atoms in total. The number of rotatable bonds is 4. The molecule has 0 N–H and O–H groups in total. The third-order valence-corrected chi connectivity index (χ3v) is 0.711. The minimum absolute atomic E-state index is 0. The zero-order chi connectivity index (χ0) is 13.1. The summed E-state index contributed by atoms with van der Waals surface area (Å²) < 4.78 is 0. The molecule has 0 saturated heterocycles. The first-order valence-electron chi connectivity index (χ1n) is 3.45. The molecule has 106 valence electrons. The molecule has 2 radical (unpaired) electrons. The van der Waals surface area contributed by atoms with Gasteiger partial charge in [-0.05, 0) is 24.3 Å². The predicted molar refractivity (Wildman–Crippen MR) is 38.3 cm³/mol. The number of carbonyl (C=O) groups is 4. The predicted octanol–water partition coefficient (Wildman–Crippen LogP) is -5.92. The molecule has 0 amide bonds. The van der Waals surface area contributed by atoms with Gasteiger partial charge in [-0.3, -0.25) is 0 Å². The van der Waals surface area contributed by atoms with Crippen molar-refractivity contribution in [3.8, 4) is 0 Å². The van der Waals surface area contributed by atoms with Crippen LogP contribution in [0.5, 0.6) is 0 Å². The zero-order valence-electron chi connectivity index (χ0n) is 8.18. The van der Waals surface area contributed by atoms with Gasteiger partial charge >= 0.3 is 34.1 Å². The first-order chi connectivity index (χ1) is 7.25. The van der Waals surface area contributed by atoms with Gasteiger partial charge in [-0.25, -0.2) is 0 Å². The zero-order valence-corrected chi connectivity index (χ0v) is 10.1. The standard InChI is InChI=1S/2C4H4O4.2Cu/c2*5-3(6)1-2-4(7)8;;/h2*1-2H,(H,5,6)(H,7,8);;/q;;2*+2/p-4/b2*2-1-;;. The van der Waals surface area contributed by atoms with Crippen LogP contribution in [0.2, 0.25) is 0 Å². The van der Waals surface area contributed by atoms with E-state index in [0.717, 1.165) is 0 Å². The van der Waals surface area contributed by atoms with Gasteiger partial charge in [0.05, 0.1) is 23.9 Å². The maximum atomic E-state index is 9.41. The second-order valence-electron chi connectivity index (χ2n) is 1.94. The van der Waals surface area contributed by atoms with E-state index in [1.807, 2.05) is 0 Å². The van der Waals surface area contributed by atoms with Crippen LogP contribution in [-0.4, -0.2) is 23.9 Å². The molecule has 0 fully saturated rings. The second kappa shape index (κ2) is 15.4. The molecule has 0 spiro atoms. The van der Waals surface area contributed by atoms with Crippen LogP contribution in [0, 0.1) is 0 Å². The van der Waals surface area contributed by atoms with Crippen molar-refractivity contribution in [1.82, 2.24) is 0 Å². The number of carboxylic acids is 4. The van der Waals surface area contributed by atoms with Crippen molar-refractivity contribution in [3.05, 3.63) is 24.3 Å². The van der Waals surface area contributed by atoms with Gasteiger partial charge < -0.3 is 39.6 Å². The third-order valence-electron chi connectivity index (χ3n) is 0.711. The Hall–Kier alpha value is -1.60. The summed E-state index contributed by atoms with van der Waals surface area (Å²) in [5.41, 5.74) is 0. The van der Waals surface area contributed by atoms with E-state index in [2.05, 4.69) is 0 Å². The molecular weight excluding hydrogens is 351 g/mol. The molecule has 0 saturated carbocycles. The first kappa shape index (κ1) is 25.3. The SMILES string of the molecule is O=C([O-])/C=C\C(=O)[O-].O=C([O-])/C=C\C(=O)[O-].[Cu+2].[Cu+2]. The Labute approximate surface area is 122 Å². The van der Waals surface area contributed by atoms with Gasteiger partial charge in [-0.1, -0.05) is 0 Å². The minimum atomic E-state index is -1.55. The van der Waals surface area contributed by atoms with E-state index in [1.165, 1.54) is 0 Å². The summed E-state index contributed by atoms with van der Waals surface area (Å²) in [6, 6.07) is 0. The smallest absolute Gasteiger partial charge is 0.545 e. The Morgan fingerprint density at radius 2 is 0.611 bits per heavy atom.